The molecule has 0 fully saturated rings. The van der Waals surface area contributed by atoms with Gasteiger partial charge in [-0.15, -0.1) is 0 Å². The van der Waals surface area contributed by atoms with Crippen LogP contribution in [-0.4, -0.2) is 0 Å². The molecule has 2 heterocycles. The van der Waals surface area contributed by atoms with Gasteiger partial charge in [0.05, 0.1) is 13.9 Å². The van der Waals surface area contributed by atoms with Gasteiger partial charge in [0.1, 0.15) is 16.9 Å². The number of rotatable bonds is 5. The quantitative estimate of drug-likeness (QED) is 0.174. The van der Waals surface area contributed by atoms with Gasteiger partial charge < -0.3 is 12.9 Å². The van der Waals surface area contributed by atoms with Crippen LogP contribution in [0, 0.1) is 0 Å². The first-order valence-corrected chi connectivity index (χ1v) is 22.3. The van der Waals surface area contributed by atoms with Crippen LogP contribution in [0.1, 0.15) is 5.56 Å². The number of hydrogen-bond acceptors (Lipinski definition) is 3. The molecule has 0 atom stereocenters. The highest BCUT2D eigenvalue weighted by Gasteiger charge is 2.23. The van der Waals surface area contributed by atoms with Crippen LogP contribution in [0.2, 0.25) is 0 Å². The van der Waals surface area contributed by atoms with Crippen LogP contribution in [0.3, 0.4) is 0 Å². The molecule has 0 aliphatic carbocycles. The average molecular weight is 781 g/mol. The van der Waals surface area contributed by atoms with Gasteiger partial charge in [0.15, 0.2) is 0 Å². The van der Waals surface area contributed by atoms with E-state index in [1.54, 1.807) is 0 Å². The van der Waals surface area contributed by atoms with Gasteiger partial charge in [0.2, 0.25) is 8.01 Å². The van der Waals surface area contributed by atoms with Gasteiger partial charge in [-0.25, -0.2) is 0 Å². The summed E-state index contributed by atoms with van der Waals surface area (Å²) in [6.07, 6.45) is 0.583. The summed E-state index contributed by atoms with van der Waals surface area (Å²) in [5.74, 6) is 0.869. The van der Waals surface area contributed by atoms with Crippen molar-refractivity contribution in [1.82, 2.24) is 0 Å². The van der Waals surface area contributed by atoms with Gasteiger partial charge in [0, 0.05) is 37.3 Å². The van der Waals surface area contributed by atoms with E-state index < -0.39 is 15.8 Å². The lowest BCUT2D eigenvalue weighted by Gasteiger charge is -2.19. The Balaban J connectivity index is 1.14. The number of benzene rings is 10. The van der Waals surface area contributed by atoms with Crippen molar-refractivity contribution in [2.24, 2.45) is 0 Å². The fourth-order valence-corrected chi connectivity index (χ4v) is 12.6. The molecular weight excluding hydrogens is 747 g/mol. The molecule has 0 spiro atoms. The molecule has 3 nitrogen and oxygen atoms in total. The van der Waals surface area contributed by atoms with Gasteiger partial charge in [-0.3, -0.25) is 0 Å². The minimum absolute atomic E-state index is 0.583. The number of para-hydroxylation sites is 2. The molecule has 0 amide bonds. The lowest BCUT2D eigenvalue weighted by molar-refractivity contribution is 0.637. The molecule has 12 rings (SSSR count). The maximum Gasteiger partial charge on any atom is 0.221 e. The Labute approximate surface area is 336 Å². The first-order valence-electron chi connectivity index (χ1n) is 19.6. The molecule has 274 valence electrons. The Morgan fingerprint density at radius 1 is 0.362 bits per heavy atom. The SMILES string of the molecule is c1ccc2c(-c3c(Op4c5ccc6ccccc6c5c5c6ccccc6ccc54)ccc4ccccc34)c(Cp3oc4ccccc4c4ccccc4o3)ccc2c1. The summed E-state index contributed by atoms with van der Waals surface area (Å²) in [5.41, 5.74) is 5.08. The van der Waals surface area contributed by atoms with Crippen LogP contribution in [0.15, 0.2) is 203 Å². The zero-order valence-corrected chi connectivity index (χ0v) is 33.1. The standard InChI is InChI=1S/C53H34O3P2/c1-5-17-39-34(13-1)25-26-38(33-57-54-45-23-11-9-21-43(45)44-22-10-12-24-46(44)55-57)50(39)51-40-18-6-2-14-35(40)27-30-47(51)56-58-48-31-28-36-15-3-7-19-41(36)52(48)53-42-20-8-4-16-37(42)29-32-49(53)58/h1-32H,33H2. The van der Waals surface area contributed by atoms with Crippen LogP contribution in [0.25, 0.3) is 97.2 Å². The van der Waals surface area contributed by atoms with Gasteiger partial charge in [-0.05, 0) is 84.5 Å². The molecule has 12 aromatic rings. The van der Waals surface area contributed by atoms with E-state index >= 15 is 0 Å². The molecule has 0 saturated heterocycles. The van der Waals surface area contributed by atoms with E-state index in [-0.39, 0.29) is 0 Å². The lowest BCUT2D eigenvalue weighted by atomic mass is 9.90. The Morgan fingerprint density at radius 3 is 1.33 bits per heavy atom. The second-order valence-corrected chi connectivity index (χ2v) is 18.0. The van der Waals surface area contributed by atoms with E-state index in [1.165, 1.54) is 53.3 Å². The third-order valence-corrected chi connectivity index (χ3v) is 15.0. The van der Waals surface area contributed by atoms with E-state index in [0.717, 1.165) is 55.2 Å². The molecule has 58 heavy (non-hydrogen) atoms. The fraction of sp³-hybridized carbons (Fsp3) is 0.0189. The van der Waals surface area contributed by atoms with Crippen LogP contribution in [0.4, 0.5) is 0 Å². The molecule has 0 saturated carbocycles. The van der Waals surface area contributed by atoms with E-state index in [0.29, 0.717) is 6.16 Å². The number of fused-ring (bicyclic) bond motifs is 12. The largest absolute Gasteiger partial charge is 0.445 e. The van der Waals surface area contributed by atoms with Crippen LogP contribution >= 0.6 is 15.8 Å². The maximum atomic E-state index is 7.63. The molecular formula is C53H34O3P2. The van der Waals surface area contributed by atoms with E-state index in [2.05, 4.69) is 182 Å². The second kappa shape index (κ2) is 13.4. The second-order valence-electron chi connectivity index (χ2n) is 14.9. The van der Waals surface area contributed by atoms with Gasteiger partial charge in [-0.2, -0.15) is 0 Å². The highest BCUT2D eigenvalue weighted by Crippen LogP contribution is 2.56. The van der Waals surface area contributed by atoms with Gasteiger partial charge in [0.25, 0.3) is 0 Å². The van der Waals surface area contributed by atoms with Crippen molar-refractivity contribution in [2.45, 2.75) is 6.16 Å². The summed E-state index contributed by atoms with van der Waals surface area (Å²) in [7, 11) is -2.65. The first-order chi connectivity index (χ1) is 28.8. The predicted molar refractivity (Wildman–Crippen MR) is 248 cm³/mol. The summed E-state index contributed by atoms with van der Waals surface area (Å²) in [5, 5.41) is 16.8. The van der Waals surface area contributed by atoms with Gasteiger partial charge in [-0.1, -0.05) is 164 Å². The zero-order chi connectivity index (χ0) is 38.2. The van der Waals surface area contributed by atoms with Crippen molar-refractivity contribution in [1.29, 1.82) is 0 Å². The zero-order valence-electron chi connectivity index (χ0n) is 31.3. The van der Waals surface area contributed by atoms with Crippen molar-refractivity contribution >= 4 is 102 Å². The van der Waals surface area contributed by atoms with Crippen molar-refractivity contribution in [3.05, 3.63) is 200 Å². The number of hydrogen-bond donors (Lipinski definition) is 0. The third kappa shape index (κ3) is 5.29. The molecule has 0 radical (unpaired) electrons. The predicted octanol–water partition coefficient (Wildman–Crippen LogP) is 16.8. The van der Waals surface area contributed by atoms with Gasteiger partial charge >= 0.3 is 0 Å². The minimum atomic E-state index is -1.42. The van der Waals surface area contributed by atoms with E-state index in [9.17, 15) is 0 Å². The molecule has 2 aromatic heterocycles. The summed E-state index contributed by atoms with van der Waals surface area (Å²) >= 11 is 0. The Kier molecular flexibility index (Phi) is 7.73. The van der Waals surface area contributed by atoms with Crippen molar-refractivity contribution < 1.29 is 12.9 Å². The van der Waals surface area contributed by atoms with Crippen molar-refractivity contribution in [3.63, 3.8) is 0 Å². The van der Waals surface area contributed by atoms with E-state index in [1.807, 2.05) is 12.1 Å². The molecule has 10 aromatic carbocycles. The Bertz CT molecular complexity index is 3500. The molecule has 0 bridgehead atoms. The Hall–Kier alpha value is -6.76. The molecule has 0 aliphatic heterocycles. The highest BCUT2D eigenvalue weighted by molar-refractivity contribution is 7.57. The monoisotopic (exact) mass is 780 g/mol. The third-order valence-electron chi connectivity index (χ3n) is 11.6. The molecule has 0 unspecified atom stereocenters. The van der Waals surface area contributed by atoms with Crippen molar-refractivity contribution in [2.75, 3.05) is 0 Å². The van der Waals surface area contributed by atoms with Crippen LogP contribution < -0.4 is 4.52 Å². The molecule has 0 aliphatic rings. The Morgan fingerprint density at radius 2 is 0.776 bits per heavy atom. The summed E-state index contributed by atoms with van der Waals surface area (Å²) < 4.78 is 21.3. The summed E-state index contributed by atoms with van der Waals surface area (Å²) in [6.45, 7) is 0. The molecule has 5 heteroatoms. The van der Waals surface area contributed by atoms with Crippen molar-refractivity contribution in [3.8, 4) is 16.9 Å². The first kappa shape index (κ1) is 33.4. The fourth-order valence-electron chi connectivity index (χ4n) is 9.02. The minimum Gasteiger partial charge on any atom is -0.445 e. The van der Waals surface area contributed by atoms with E-state index in [4.69, 9.17) is 12.9 Å². The normalized spacial score (nSPS) is 11.9. The maximum absolute atomic E-state index is 7.63. The smallest absolute Gasteiger partial charge is 0.221 e. The lowest BCUT2D eigenvalue weighted by Crippen LogP contribution is -1.94. The van der Waals surface area contributed by atoms with Crippen LogP contribution in [0.5, 0.6) is 5.75 Å². The van der Waals surface area contributed by atoms with Crippen LogP contribution in [-0.2, 0) is 6.16 Å². The average Bonchev–Trinajstić information content (AvgIpc) is 3.51. The topological polar surface area (TPSA) is 35.5 Å². The molecule has 0 N–H and O–H groups in total. The highest BCUT2D eigenvalue weighted by atomic mass is 31.1. The summed E-state index contributed by atoms with van der Waals surface area (Å²) in [6, 6.07) is 69.5. The summed E-state index contributed by atoms with van der Waals surface area (Å²) in [4.78, 5) is 0.